The van der Waals surface area contributed by atoms with E-state index in [1.165, 1.54) is 22.9 Å². The second kappa shape index (κ2) is 5.29. The van der Waals surface area contributed by atoms with Gasteiger partial charge in [-0.25, -0.2) is 9.97 Å². The van der Waals surface area contributed by atoms with Crippen LogP contribution in [0, 0.1) is 0 Å². The van der Waals surface area contributed by atoms with Crippen molar-refractivity contribution in [1.82, 2.24) is 9.97 Å². The average molecular weight is 299 g/mol. The van der Waals surface area contributed by atoms with Crippen LogP contribution in [0.25, 0.3) is 0 Å². The number of Topliss-reactive ketones (excluding diaryl/α,β-unsaturated/α-hetero) is 1. The minimum absolute atomic E-state index is 0.244. The molecular weight excluding hydrogens is 286 g/mol. The number of anilines is 1. The Bertz CT molecular complexity index is 718. The second-order valence-electron chi connectivity index (χ2n) is 4.70. The van der Waals surface area contributed by atoms with Crippen molar-refractivity contribution in [1.29, 1.82) is 0 Å². The third-order valence-corrected chi connectivity index (χ3v) is 4.05. The highest BCUT2D eigenvalue weighted by molar-refractivity contribution is 7.98. The van der Waals surface area contributed by atoms with Gasteiger partial charge in [-0.15, -0.1) is 0 Å². The van der Waals surface area contributed by atoms with E-state index in [-0.39, 0.29) is 11.7 Å². The lowest BCUT2D eigenvalue weighted by Gasteiger charge is -2.29. The predicted molar refractivity (Wildman–Crippen MR) is 80.7 cm³/mol. The molecule has 0 bridgehead atoms. The van der Waals surface area contributed by atoms with E-state index in [1.807, 2.05) is 24.5 Å². The number of carbonyl (C=O) groups is 2. The van der Waals surface area contributed by atoms with Crippen LogP contribution >= 0.6 is 11.8 Å². The van der Waals surface area contributed by atoms with Crippen LogP contribution in [0.2, 0.25) is 0 Å². The van der Waals surface area contributed by atoms with Gasteiger partial charge in [0.05, 0.1) is 5.56 Å². The van der Waals surface area contributed by atoms with E-state index < -0.39 is 5.92 Å². The number of hydrogen-bond acceptors (Lipinski definition) is 5. The molecule has 1 atom stereocenters. The number of thioether (sulfide) groups is 1. The highest BCUT2D eigenvalue weighted by atomic mass is 32.2. The summed E-state index contributed by atoms with van der Waals surface area (Å²) in [5.74, 6) is -0.930. The van der Waals surface area contributed by atoms with E-state index in [0.717, 1.165) is 0 Å². The predicted octanol–water partition coefficient (Wildman–Crippen LogP) is 2.14. The first kappa shape index (κ1) is 13.8. The molecule has 2 aromatic rings. The number of rotatable bonds is 2. The maximum Gasteiger partial charge on any atom is 0.243 e. The summed E-state index contributed by atoms with van der Waals surface area (Å²) >= 11 is 1.37. The molecule has 2 heterocycles. The first-order valence-electron chi connectivity index (χ1n) is 6.41. The van der Waals surface area contributed by atoms with Crippen LogP contribution in [0.5, 0.6) is 0 Å². The van der Waals surface area contributed by atoms with Crippen molar-refractivity contribution in [2.75, 3.05) is 18.2 Å². The quantitative estimate of drug-likeness (QED) is 0.483. The van der Waals surface area contributed by atoms with Crippen LogP contribution in [-0.4, -0.2) is 35.0 Å². The molecule has 5 nitrogen and oxygen atoms in total. The fourth-order valence-electron chi connectivity index (χ4n) is 2.39. The zero-order valence-corrected chi connectivity index (χ0v) is 12.4. The average Bonchev–Trinajstić information content (AvgIpc) is 2.53. The Morgan fingerprint density at radius 1 is 1.19 bits per heavy atom. The molecule has 0 saturated heterocycles. The molecular formula is C15H13N3O2S. The molecule has 1 unspecified atom stereocenters. The van der Waals surface area contributed by atoms with Gasteiger partial charge in [0.15, 0.2) is 16.8 Å². The van der Waals surface area contributed by atoms with E-state index >= 15 is 0 Å². The molecule has 21 heavy (non-hydrogen) atoms. The van der Waals surface area contributed by atoms with Gasteiger partial charge in [0.1, 0.15) is 5.92 Å². The summed E-state index contributed by atoms with van der Waals surface area (Å²) in [6.07, 6.45) is 3.36. The summed E-state index contributed by atoms with van der Waals surface area (Å²) < 4.78 is 0. The molecule has 0 fully saturated rings. The molecule has 1 amide bonds. The smallest absolute Gasteiger partial charge is 0.243 e. The monoisotopic (exact) mass is 299 g/mol. The Balaban J connectivity index is 2.12. The highest BCUT2D eigenvalue weighted by Crippen LogP contribution is 2.33. The molecule has 1 aliphatic heterocycles. The Morgan fingerprint density at radius 2 is 1.90 bits per heavy atom. The minimum Gasteiger partial charge on any atom is -0.298 e. The van der Waals surface area contributed by atoms with Gasteiger partial charge in [0.25, 0.3) is 0 Å². The summed E-state index contributed by atoms with van der Waals surface area (Å²) in [6, 6.07) is 9.07. The molecule has 106 valence electrons. The maximum atomic E-state index is 12.6. The van der Waals surface area contributed by atoms with Gasteiger partial charge in [-0.2, -0.15) is 0 Å². The Hall–Kier alpha value is -2.21. The van der Waals surface area contributed by atoms with Gasteiger partial charge in [-0.3, -0.25) is 14.5 Å². The molecule has 6 heteroatoms. The number of nitrogens with zero attached hydrogens (tertiary/aromatic N) is 3. The van der Waals surface area contributed by atoms with Crippen LogP contribution in [0.4, 0.5) is 5.82 Å². The van der Waals surface area contributed by atoms with Crippen LogP contribution in [0.1, 0.15) is 21.8 Å². The fourth-order valence-corrected chi connectivity index (χ4v) is 2.73. The maximum absolute atomic E-state index is 12.6. The van der Waals surface area contributed by atoms with Crippen LogP contribution in [0.3, 0.4) is 0 Å². The van der Waals surface area contributed by atoms with Gasteiger partial charge in [-0.05, 0) is 11.8 Å². The molecule has 0 spiro atoms. The van der Waals surface area contributed by atoms with Gasteiger partial charge in [0, 0.05) is 13.2 Å². The molecule has 0 aliphatic carbocycles. The molecule has 1 aliphatic rings. The van der Waals surface area contributed by atoms with Gasteiger partial charge < -0.3 is 0 Å². The third-order valence-electron chi connectivity index (χ3n) is 3.48. The lowest BCUT2D eigenvalue weighted by atomic mass is 9.87. The Morgan fingerprint density at radius 3 is 2.57 bits per heavy atom. The van der Waals surface area contributed by atoms with Crippen molar-refractivity contribution in [3.63, 3.8) is 0 Å². The number of hydrogen-bond donors (Lipinski definition) is 0. The first-order valence-corrected chi connectivity index (χ1v) is 7.63. The van der Waals surface area contributed by atoms with E-state index in [1.54, 1.807) is 19.2 Å². The van der Waals surface area contributed by atoms with E-state index in [9.17, 15) is 9.59 Å². The fraction of sp³-hybridized carbons (Fsp3) is 0.200. The Labute approximate surface area is 126 Å². The van der Waals surface area contributed by atoms with Crippen molar-refractivity contribution in [2.24, 2.45) is 0 Å². The van der Waals surface area contributed by atoms with Crippen molar-refractivity contribution >= 4 is 29.3 Å². The SMILES string of the molecule is CSc1ncc2c(n1)N(C)C(=O)C(c1ccccc1)C2=O. The number of carbonyl (C=O) groups excluding carboxylic acids is 2. The third kappa shape index (κ3) is 2.21. The van der Waals surface area contributed by atoms with Gasteiger partial charge >= 0.3 is 0 Å². The van der Waals surface area contributed by atoms with E-state index in [0.29, 0.717) is 22.1 Å². The normalized spacial score (nSPS) is 17.8. The number of ketones is 1. The van der Waals surface area contributed by atoms with Crippen molar-refractivity contribution in [2.45, 2.75) is 11.1 Å². The van der Waals surface area contributed by atoms with Gasteiger partial charge in [-0.1, -0.05) is 42.1 Å². The summed E-state index contributed by atoms with van der Waals surface area (Å²) in [4.78, 5) is 35.0. The lowest BCUT2D eigenvalue weighted by molar-refractivity contribution is -0.119. The first-order chi connectivity index (χ1) is 10.1. The summed E-state index contributed by atoms with van der Waals surface area (Å²) in [5, 5.41) is 0.541. The van der Waals surface area contributed by atoms with Crippen molar-refractivity contribution < 1.29 is 9.59 Å². The zero-order chi connectivity index (χ0) is 15.0. The van der Waals surface area contributed by atoms with Crippen LogP contribution < -0.4 is 4.90 Å². The topological polar surface area (TPSA) is 63.2 Å². The van der Waals surface area contributed by atoms with Crippen molar-refractivity contribution in [3.8, 4) is 0 Å². The second-order valence-corrected chi connectivity index (χ2v) is 5.47. The number of benzene rings is 1. The zero-order valence-electron chi connectivity index (χ0n) is 11.6. The lowest BCUT2D eigenvalue weighted by Crippen LogP contribution is -2.41. The minimum atomic E-state index is -0.813. The van der Waals surface area contributed by atoms with Gasteiger partial charge in [0.2, 0.25) is 5.91 Å². The van der Waals surface area contributed by atoms with Crippen LogP contribution in [0.15, 0.2) is 41.7 Å². The number of aromatic nitrogens is 2. The Kier molecular flexibility index (Phi) is 3.47. The molecule has 1 aromatic heterocycles. The number of amides is 1. The van der Waals surface area contributed by atoms with E-state index in [2.05, 4.69) is 9.97 Å². The summed E-state index contributed by atoms with van der Waals surface area (Å²) in [6.45, 7) is 0. The molecule has 0 saturated carbocycles. The summed E-state index contributed by atoms with van der Waals surface area (Å²) in [5.41, 5.74) is 1.09. The van der Waals surface area contributed by atoms with Crippen molar-refractivity contribution in [3.05, 3.63) is 47.7 Å². The largest absolute Gasteiger partial charge is 0.298 e. The van der Waals surface area contributed by atoms with Crippen LogP contribution in [-0.2, 0) is 4.79 Å². The standard InChI is InChI=1S/C15H13N3O2S/c1-18-13-10(8-16-15(17-13)21-2)12(19)11(14(18)20)9-6-4-3-5-7-9/h3-8,11H,1-2H3. The molecule has 0 N–H and O–H groups in total. The number of fused-ring (bicyclic) bond motifs is 1. The molecule has 3 rings (SSSR count). The highest BCUT2D eigenvalue weighted by Gasteiger charge is 2.40. The molecule has 0 radical (unpaired) electrons. The number of likely N-dealkylation sites (N-methyl/N-ethyl adjacent to an activating group) is 1. The van der Waals surface area contributed by atoms with E-state index in [4.69, 9.17) is 0 Å². The molecule has 1 aromatic carbocycles. The summed E-state index contributed by atoms with van der Waals surface area (Å²) in [7, 11) is 1.64.